The Labute approximate surface area is 92.2 Å². The van der Waals surface area contributed by atoms with Crippen molar-refractivity contribution in [1.82, 2.24) is 15.1 Å². The van der Waals surface area contributed by atoms with Crippen LogP contribution in [0.1, 0.15) is 24.2 Å². The molecule has 0 saturated carbocycles. The van der Waals surface area contributed by atoms with Gasteiger partial charge in [-0.15, -0.1) is 6.58 Å². The standard InChI is InChI=1S/C12H21N3/c1-4-5-7-13-8-6-9-15-12(3)10-11(2)14-15/h4,10,13H,1,5-9H2,2-3H3. The summed E-state index contributed by atoms with van der Waals surface area (Å²) in [4.78, 5) is 0. The highest BCUT2D eigenvalue weighted by atomic mass is 15.3. The Bertz CT molecular complexity index is 302. The summed E-state index contributed by atoms with van der Waals surface area (Å²) in [5, 5.41) is 7.79. The van der Waals surface area contributed by atoms with E-state index in [1.807, 2.05) is 13.0 Å². The lowest BCUT2D eigenvalue weighted by Crippen LogP contribution is -2.18. The number of hydrogen-bond donors (Lipinski definition) is 1. The third kappa shape index (κ3) is 4.30. The van der Waals surface area contributed by atoms with E-state index >= 15 is 0 Å². The van der Waals surface area contributed by atoms with E-state index in [1.54, 1.807) is 0 Å². The Balaban J connectivity index is 2.14. The van der Waals surface area contributed by atoms with Crippen LogP contribution in [0.4, 0.5) is 0 Å². The Morgan fingerprint density at radius 3 is 2.87 bits per heavy atom. The van der Waals surface area contributed by atoms with E-state index in [4.69, 9.17) is 0 Å². The molecule has 3 nitrogen and oxygen atoms in total. The molecule has 0 aromatic carbocycles. The molecule has 15 heavy (non-hydrogen) atoms. The summed E-state index contributed by atoms with van der Waals surface area (Å²) in [5.74, 6) is 0. The lowest BCUT2D eigenvalue weighted by Gasteiger charge is -2.05. The average Bonchev–Trinajstić information content (AvgIpc) is 2.51. The van der Waals surface area contributed by atoms with E-state index in [0.717, 1.165) is 38.2 Å². The van der Waals surface area contributed by atoms with Gasteiger partial charge in [-0.05, 0) is 45.8 Å². The quantitative estimate of drug-likeness (QED) is 0.548. The lowest BCUT2D eigenvalue weighted by atomic mass is 10.3. The molecule has 1 aromatic rings. The minimum absolute atomic E-state index is 1.00. The van der Waals surface area contributed by atoms with Crippen LogP contribution in [0, 0.1) is 13.8 Å². The molecule has 1 N–H and O–H groups in total. The van der Waals surface area contributed by atoms with Gasteiger partial charge in [-0.3, -0.25) is 4.68 Å². The number of aromatic nitrogens is 2. The third-order valence-corrected chi connectivity index (χ3v) is 2.35. The monoisotopic (exact) mass is 207 g/mol. The average molecular weight is 207 g/mol. The molecule has 1 heterocycles. The van der Waals surface area contributed by atoms with Gasteiger partial charge in [0.1, 0.15) is 0 Å². The summed E-state index contributed by atoms with van der Waals surface area (Å²) in [6.07, 6.45) is 4.10. The van der Waals surface area contributed by atoms with Gasteiger partial charge in [0.15, 0.2) is 0 Å². The Kier molecular flexibility index (Phi) is 5.12. The molecule has 0 radical (unpaired) electrons. The summed E-state index contributed by atoms with van der Waals surface area (Å²) in [6.45, 7) is 10.9. The SMILES string of the molecule is C=CCCNCCCn1nc(C)cc1C. The fourth-order valence-electron chi connectivity index (χ4n) is 1.58. The fraction of sp³-hybridized carbons (Fsp3) is 0.583. The van der Waals surface area contributed by atoms with Gasteiger partial charge in [0, 0.05) is 12.2 Å². The van der Waals surface area contributed by atoms with Crippen molar-refractivity contribution < 1.29 is 0 Å². The Hall–Kier alpha value is -1.09. The van der Waals surface area contributed by atoms with Crippen molar-refractivity contribution in [3.63, 3.8) is 0 Å². The van der Waals surface area contributed by atoms with E-state index in [-0.39, 0.29) is 0 Å². The summed E-state index contributed by atoms with van der Waals surface area (Å²) >= 11 is 0. The summed E-state index contributed by atoms with van der Waals surface area (Å²) in [6, 6.07) is 2.12. The largest absolute Gasteiger partial charge is 0.316 e. The van der Waals surface area contributed by atoms with Crippen LogP contribution in [0.25, 0.3) is 0 Å². The summed E-state index contributed by atoms with van der Waals surface area (Å²) in [5.41, 5.74) is 2.35. The van der Waals surface area contributed by atoms with Crippen molar-refractivity contribution in [3.8, 4) is 0 Å². The number of nitrogens with zero attached hydrogens (tertiary/aromatic N) is 2. The second kappa shape index (κ2) is 6.40. The van der Waals surface area contributed by atoms with Gasteiger partial charge >= 0.3 is 0 Å². The molecule has 1 rings (SSSR count). The Morgan fingerprint density at radius 2 is 2.27 bits per heavy atom. The molecule has 0 saturated heterocycles. The molecule has 0 aliphatic carbocycles. The molecular formula is C12H21N3. The van der Waals surface area contributed by atoms with Gasteiger partial charge in [-0.25, -0.2) is 0 Å². The topological polar surface area (TPSA) is 29.9 Å². The van der Waals surface area contributed by atoms with Crippen molar-refractivity contribution in [3.05, 3.63) is 30.1 Å². The van der Waals surface area contributed by atoms with E-state index < -0.39 is 0 Å². The first-order chi connectivity index (χ1) is 7.24. The minimum Gasteiger partial charge on any atom is -0.316 e. The van der Waals surface area contributed by atoms with Crippen LogP contribution in [0.3, 0.4) is 0 Å². The predicted molar refractivity (Wildman–Crippen MR) is 64.0 cm³/mol. The molecule has 0 spiro atoms. The lowest BCUT2D eigenvalue weighted by molar-refractivity contribution is 0.534. The molecule has 0 bridgehead atoms. The van der Waals surface area contributed by atoms with Crippen LogP contribution in [-0.2, 0) is 6.54 Å². The molecule has 0 aliphatic rings. The van der Waals surface area contributed by atoms with Crippen LogP contribution in [-0.4, -0.2) is 22.9 Å². The van der Waals surface area contributed by atoms with Gasteiger partial charge in [-0.1, -0.05) is 6.08 Å². The van der Waals surface area contributed by atoms with Crippen LogP contribution in [0.5, 0.6) is 0 Å². The van der Waals surface area contributed by atoms with E-state index in [2.05, 4.69) is 34.7 Å². The predicted octanol–water partition coefficient (Wildman–Crippen LogP) is 2.06. The second-order valence-electron chi connectivity index (χ2n) is 3.83. The zero-order valence-electron chi connectivity index (χ0n) is 9.79. The van der Waals surface area contributed by atoms with Gasteiger partial charge < -0.3 is 5.32 Å². The highest BCUT2D eigenvalue weighted by Crippen LogP contribution is 2.01. The summed E-state index contributed by atoms with van der Waals surface area (Å²) < 4.78 is 2.07. The maximum Gasteiger partial charge on any atom is 0.0596 e. The normalized spacial score (nSPS) is 10.5. The zero-order chi connectivity index (χ0) is 11.1. The molecular weight excluding hydrogens is 186 g/mol. The van der Waals surface area contributed by atoms with E-state index in [0.29, 0.717) is 0 Å². The van der Waals surface area contributed by atoms with Crippen molar-refractivity contribution >= 4 is 0 Å². The van der Waals surface area contributed by atoms with Gasteiger partial charge in [0.25, 0.3) is 0 Å². The maximum atomic E-state index is 4.42. The number of hydrogen-bond acceptors (Lipinski definition) is 2. The van der Waals surface area contributed by atoms with Crippen molar-refractivity contribution in [2.24, 2.45) is 0 Å². The van der Waals surface area contributed by atoms with Crippen LogP contribution in [0.15, 0.2) is 18.7 Å². The first-order valence-corrected chi connectivity index (χ1v) is 5.56. The molecule has 3 heteroatoms. The molecule has 0 amide bonds. The van der Waals surface area contributed by atoms with Crippen LogP contribution < -0.4 is 5.32 Å². The smallest absolute Gasteiger partial charge is 0.0596 e. The number of rotatable bonds is 7. The molecule has 84 valence electrons. The maximum absolute atomic E-state index is 4.42. The Morgan fingerprint density at radius 1 is 1.47 bits per heavy atom. The van der Waals surface area contributed by atoms with Crippen LogP contribution >= 0.6 is 0 Å². The van der Waals surface area contributed by atoms with Crippen molar-refractivity contribution in [2.75, 3.05) is 13.1 Å². The van der Waals surface area contributed by atoms with Gasteiger partial charge in [-0.2, -0.15) is 5.10 Å². The van der Waals surface area contributed by atoms with Gasteiger partial charge in [0.2, 0.25) is 0 Å². The first-order valence-electron chi connectivity index (χ1n) is 5.56. The van der Waals surface area contributed by atoms with E-state index in [9.17, 15) is 0 Å². The zero-order valence-corrected chi connectivity index (χ0v) is 9.79. The highest BCUT2D eigenvalue weighted by molar-refractivity contribution is 5.06. The van der Waals surface area contributed by atoms with Gasteiger partial charge in [0.05, 0.1) is 5.69 Å². The molecule has 1 aromatic heterocycles. The first kappa shape index (κ1) is 12.0. The minimum atomic E-state index is 1.00. The number of nitrogens with one attached hydrogen (secondary N) is 1. The molecule has 0 fully saturated rings. The highest BCUT2D eigenvalue weighted by Gasteiger charge is 1.99. The van der Waals surface area contributed by atoms with Crippen molar-refractivity contribution in [2.45, 2.75) is 33.2 Å². The van der Waals surface area contributed by atoms with Crippen molar-refractivity contribution in [1.29, 1.82) is 0 Å². The third-order valence-electron chi connectivity index (χ3n) is 2.35. The molecule has 0 aliphatic heterocycles. The van der Waals surface area contributed by atoms with E-state index in [1.165, 1.54) is 5.69 Å². The summed E-state index contributed by atoms with van der Waals surface area (Å²) in [7, 11) is 0. The molecule has 0 unspecified atom stereocenters. The fourth-order valence-corrected chi connectivity index (χ4v) is 1.58. The second-order valence-corrected chi connectivity index (χ2v) is 3.83. The van der Waals surface area contributed by atoms with Crippen LogP contribution in [0.2, 0.25) is 0 Å². The molecule has 0 atom stereocenters. The number of aryl methyl sites for hydroxylation is 3.